The maximum atomic E-state index is 12.4. The third kappa shape index (κ3) is 3.39. The molecule has 26 heavy (non-hydrogen) atoms. The summed E-state index contributed by atoms with van der Waals surface area (Å²) in [6, 6.07) is 12.0. The first-order valence-electron chi connectivity index (χ1n) is 7.95. The van der Waals surface area contributed by atoms with E-state index in [0.717, 1.165) is 10.9 Å². The summed E-state index contributed by atoms with van der Waals surface area (Å²) in [5, 5.41) is 0.804. The van der Waals surface area contributed by atoms with E-state index in [0.29, 0.717) is 22.5 Å². The molecule has 0 N–H and O–H groups in total. The maximum absolute atomic E-state index is 12.4. The molecule has 0 fully saturated rings. The lowest BCUT2D eigenvalue weighted by Crippen LogP contribution is -2.06. The van der Waals surface area contributed by atoms with Crippen molar-refractivity contribution in [1.82, 2.24) is 0 Å². The number of benzene rings is 2. The summed E-state index contributed by atoms with van der Waals surface area (Å²) in [4.78, 5) is 23.8. The lowest BCUT2D eigenvalue weighted by molar-refractivity contribution is 0.0436. The Hall–Kier alpha value is -3.28. The average molecular weight is 354 g/mol. The van der Waals surface area contributed by atoms with E-state index in [9.17, 15) is 9.59 Å². The van der Waals surface area contributed by atoms with Crippen molar-refractivity contribution in [3.63, 3.8) is 0 Å². The van der Waals surface area contributed by atoms with Crippen LogP contribution in [0.3, 0.4) is 0 Å². The van der Waals surface area contributed by atoms with Crippen LogP contribution in [0.4, 0.5) is 0 Å². The summed E-state index contributed by atoms with van der Waals surface area (Å²) in [7, 11) is 2.90. The number of ether oxygens (including phenoxy) is 3. The van der Waals surface area contributed by atoms with Crippen LogP contribution in [0, 0.1) is 6.92 Å². The zero-order valence-electron chi connectivity index (χ0n) is 14.7. The fourth-order valence-corrected chi connectivity index (χ4v) is 2.59. The van der Waals surface area contributed by atoms with Crippen LogP contribution in [-0.4, -0.2) is 26.2 Å². The molecule has 0 bridgehead atoms. The Morgan fingerprint density at radius 1 is 1.00 bits per heavy atom. The topological polar surface area (TPSA) is 75.0 Å². The zero-order chi connectivity index (χ0) is 18.7. The average Bonchev–Trinajstić information content (AvgIpc) is 3.02. The number of fused-ring (bicyclic) bond motifs is 1. The molecule has 0 aliphatic heterocycles. The number of methoxy groups -OCH3 is 2. The van der Waals surface area contributed by atoms with Gasteiger partial charge in [-0.1, -0.05) is 12.1 Å². The molecule has 0 unspecified atom stereocenters. The molecule has 1 aromatic heterocycles. The molecule has 0 atom stereocenters. The van der Waals surface area contributed by atoms with E-state index >= 15 is 0 Å². The SMILES string of the molecule is COC(=O)c1ccc(COC(=O)c2oc3ccc(OC)cc3c2C)cc1. The molecule has 3 aromatic rings. The Labute approximate surface area is 150 Å². The first-order chi connectivity index (χ1) is 12.5. The number of aryl methyl sites for hydroxylation is 1. The Morgan fingerprint density at radius 2 is 1.73 bits per heavy atom. The zero-order valence-corrected chi connectivity index (χ0v) is 14.7. The second-order valence-corrected chi connectivity index (χ2v) is 5.68. The molecule has 1 heterocycles. The van der Waals surface area contributed by atoms with Gasteiger partial charge in [0.05, 0.1) is 19.8 Å². The molecule has 0 spiro atoms. The molecular weight excluding hydrogens is 336 g/mol. The summed E-state index contributed by atoms with van der Waals surface area (Å²) in [6.45, 7) is 1.87. The second-order valence-electron chi connectivity index (χ2n) is 5.68. The molecule has 2 aromatic carbocycles. The minimum Gasteiger partial charge on any atom is -0.497 e. The summed E-state index contributed by atoms with van der Waals surface area (Å²) < 4.78 is 20.8. The minimum atomic E-state index is -0.547. The summed E-state index contributed by atoms with van der Waals surface area (Å²) in [5.74, 6) is -0.108. The third-order valence-electron chi connectivity index (χ3n) is 4.07. The maximum Gasteiger partial charge on any atom is 0.374 e. The van der Waals surface area contributed by atoms with Crippen molar-refractivity contribution < 1.29 is 28.2 Å². The molecule has 0 saturated heterocycles. The van der Waals surface area contributed by atoms with Gasteiger partial charge in [0, 0.05) is 10.9 Å². The Bertz CT molecular complexity index is 952. The highest BCUT2D eigenvalue weighted by Gasteiger charge is 2.19. The predicted octanol–water partition coefficient (Wildman–Crippen LogP) is 3.89. The molecule has 6 nitrogen and oxygen atoms in total. The number of hydrogen-bond acceptors (Lipinski definition) is 6. The molecule has 6 heteroatoms. The van der Waals surface area contributed by atoms with Crippen LogP contribution in [0.15, 0.2) is 46.9 Å². The van der Waals surface area contributed by atoms with Crippen molar-refractivity contribution in [2.45, 2.75) is 13.5 Å². The van der Waals surface area contributed by atoms with Gasteiger partial charge < -0.3 is 18.6 Å². The van der Waals surface area contributed by atoms with Gasteiger partial charge in [0.25, 0.3) is 0 Å². The van der Waals surface area contributed by atoms with Gasteiger partial charge in [0.15, 0.2) is 0 Å². The van der Waals surface area contributed by atoms with Crippen molar-refractivity contribution in [2.75, 3.05) is 14.2 Å². The Morgan fingerprint density at radius 3 is 2.38 bits per heavy atom. The number of rotatable bonds is 5. The van der Waals surface area contributed by atoms with Crippen LogP contribution in [0.25, 0.3) is 11.0 Å². The highest BCUT2D eigenvalue weighted by atomic mass is 16.5. The van der Waals surface area contributed by atoms with E-state index in [-0.39, 0.29) is 12.4 Å². The van der Waals surface area contributed by atoms with Crippen LogP contribution in [0.2, 0.25) is 0 Å². The molecule has 3 rings (SSSR count). The molecule has 0 aliphatic carbocycles. The van der Waals surface area contributed by atoms with Gasteiger partial charge in [-0.15, -0.1) is 0 Å². The lowest BCUT2D eigenvalue weighted by Gasteiger charge is -2.05. The van der Waals surface area contributed by atoms with E-state index in [1.54, 1.807) is 50.4 Å². The van der Waals surface area contributed by atoms with Gasteiger partial charge in [-0.3, -0.25) is 0 Å². The van der Waals surface area contributed by atoms with E-state index in [1.807, 2.05) is 6.07 Å². The van der Waals surface area contributed by atoms with E-state index in [2.05, 4.69) is 4.74 Å². The van der Waals surface area contributed by atoms with Gasteiger partial charge in [-0.25, -0.2) is 9.59 Å². The molecule has 0 radical (unpaired) electrons. The normalized spacial score (nSPS) is 10.6. The molecule has 0 aliphatic rings. The number of hydrogen-bond donors (Lipinski definition) is 0. The predicted molar refractivity (Wildman–Crippen MR) is 94.4 cm³/mol. The van der Waals surface area contributed by atoms with Crippen molar-refractivity contribution in [1.29, 1.82) is 0 Å². The highest BCUT2D eigenvalue weighted by Crippen LogP contribution is 2.29. The van der Waals surface area contributed by atoms with Crippen molar-refractivity contribution >= 4 is 22.9 Å². The quantitative estimate of drug-likeness (QED) is 0.647. The van der Waals surface area contributed by atoms with Crippen molar-refractivity contribution in [3.8, 4) is 5.75 Å². The van der Waals surface area contributed by atoms with Crippen LogP contribution in [-0.2, 0) is 16.1 Å². The van der Waals surface area contributed by atoms with Gasteiger partial charge in [0.2, 0.25) is 5.76 Å². The smallest absolute Gasteiger partial charge is 0.374 e. The fourth-order valence-electron chi connectivity index (χ4n) is 2.59. The molecule has 0 saturated carbocycles. The van der Waals surface area contributed by atoms with E-state index in [1.165, 1.54) is 7.11 Å². The van der Waals surface area contributed by atoms with Crippen LogP contribution >= 0.6 is 0 Å². The molecular formula is C20H18O6. The monoisotopic (exact) mass is 354 g/mol. The van der Waals surface area contributed by atoms with Gasteiger partial charge >= 0.3 is 11.9 Å². The van der Waals surface area contributed by atoms with Crippen molar-refractivity contribution in [2.24, 2.45) is 0 Å². The molecule has 0 amide bonds. The first kappa shape index (κ1) is 17.5. The largest absolute Gasteiger partial charge is 0.497 e. The fraction of sp³-hybridized carbons (Fsp3) is 0.200. The van der Waals surface area contributed by atoms with Gasteiger partial charge in [0.1, 0.15) is 17.9 Å². The highest BCUT2D eigenvalue weighted by molar-refractivity contribution is 5.96. The van der Waals surface area contributed by atoms with Crippen molar-refractivity contribution in [3.05, 3.63) is 64.9 Å². The standard InChI is InChI=1S/C20H18O6/c1-12-16-10-15(23-2)8-9-17(16)26-18(12)20(22)25-11-13-4-6-14(7-5-13)19(21)24-3/h4-10H,11H2,1-3H3. The van der Waals surface area contributed by atoms with Crippen LogP contribution < -0.4 is 4.74 Å². The number of carbonyl (C=O) groups is 2. The summed E-state index contributed by atoms with van der Waals surface area (Å²) >= 11 is 0. The van der Waals surface area contributed by atoms with Crippen LogP contribution in [0.5, 0.6) is 5.75 Å². The number of furan rings is 1. The van der Waals surface area contributed by atoms with Crippen LogP contribution in [0.1, 0.15) is 32.0 Å². The van der Waals surface area contributed by atoms with Gasteiger partial charge in [-0.2, -0.15) is 0 Å². The minimum absolute atomic E-state index is 0.0695. The Kier molecular flexibility index (Phi) is 4.93. The third-order valence-corrected chi connectivity index (χ3v) is 4.07. The Balaban J connectivity index is 1.73. The second kappa shape index (κ2) is 7.31. The summed E-state index contributed by atoms with van der Waals surface area (Å²) in [5.41, 5.74) is 2.48. The van der Waals surface area contributed by atoms with E-state index in [4.69, 9.17) is 13.9 Å². The number of esters is 2. The lowest BCUT2D eigenvalue weighted by atomic mass is 10.1. The first-order valence-corrected chi connectivity index (χ1v) is 7.95. The van der Waals surface area contributed by atoms with Gasteiger partial charge in [-0.05, 0) is 42.8 Å². The van der Waals surface area contributed by atoms with E-state index < -0.39 is 11.9 Å². The summed E-state index contributed by atoms with van der Waals surface area (Å²) in [6.07, 6.45) is 0. The number of carbonyl (C=O) groups excluding carboxylic acids is 2. The molecule has 134 valence electrons.